The monoisotopic (exact) mass is 369 g/mol. The van der Waals surface area contributed by atoms with Crippen LogP contribution in [0.5, 0.6) is 5.75 Å². The average molecular weight is 370 g/mol. The Hall–Kier alpha value is -2.15. The van der Waals surface area contributed by atoms with Gasteiger partial charge in [0, 0.05) is 24.2 Å². The molecule has 1 aromatic carbocycles. The predicted octanol–water partition coefficient (Wildman–Crippen LogP) is 2.64. The summed E-state index contributed by atoms with van der Waals surface area (Å²) >= 11 is 5.80. The molecule has 0 aromatic heterocycles. The number of likely N-dealkylation sites (tertiary alicyclic amines) is 1. The van der Waals surface area contributed by atoms with Crippen LogP contribution < -0.4 is 15.4 Å². The first-order valence-electron chi connectivity index (χ1n) is 8.43. The number of amides is 3. The van der Waals surface area contributed by atoms with Gasteiger partial charge in [-0.25, -0.2) is 9.59 Å². The molecule has 2 rings (SSSR count). The summed E-state index contributed by atoms with van der Waals surface area (Å²) in [6.45, 7) is 4.10. The summed E-state index contributed by atoms with van der Waals surface area (Å²) in [5.74, 6) is 0.706. The van der Waals surface area contributed by atoms with Crippen molar-refractivity contribution in [3.63, 3.8) is 0 Å². The molecule has 0 radical (unpaired) electrons. The molecule has 0 saturated carbocycles. The number of nitrogens with one attached hydrogen (secondary N) is 2. The van der Waals surface area contributed by atoms with Crippen molar-refractivity contribution < 1.29 is 19.1 Å². The maximum Gasteiger partial charge on any atom is 0.409 e. The molecule has 1 heterocycles. The number of ether oxygens (including phenoxy) is 2. The summed E-state index contributed by atoms with van der Waals surface area (Å²) in [6, 6.07) is 6.89. The second kappa shape index (κ2) is 9.98. The quantitative estimate of drug-likeness (QED) is 0.755. The van der Waals surface area contributed by atoms with Gasteiger partial charge in [-0.15, -0.1) is 0 Å². The fourth-order valence-corrected chi connectivity index (χ4v) is 2.65. The predicted molar refractivity (Wildman–Crippen MR) is 95.1 cm³/mol. The first kappa shape index (κ1) is 19.2. The van der Waals surface area contributed by atoms with E-state index in [0.29, 0.717) is 56.5 Å². The highest BCUT2D eigenvalue weighted by Crippen LogP contribution is 2.15. The van der Waals surface area contributed by atoms with Gasteiger partial charge in [-0.3, -0.25) is 0 Å². The van der Waals surface area contributed by atoms with Gasteiger partial charge in [0.1, 0.15) is 12.4 Å². The summed E-state index contributed by atoms with van der Waals surface area (Å²) in [5, 5.41) is 6.33. The van der Waals surface area contributed by atoms with Crippen LogP contribution in [0.4, 0.5) is 9.59 Å². The van der Waals surface area contributed by atoms with Crippen LogP contribution >= 0.6 is 11.6 Å². The van der Waals surface area contributed by atoms with Gasteiger partial charge < -0.3 is 25.0 Å². The Morgan fingerprint density at radius 2 is 1.92 bits per heavy atom. The van der Waals surface area contributed by atoms with Gasteiger partial charge in [0.2, 0.25) is 0 Å². The lowest BCUT2D eigenvalue weighted by molar-refractivity contribution is 0.0957. The summed E-state index contributed by atoms with van der Waals surface area (Å²) in [5.41, 5.74) is 0. The standard InChI is InChI=1S/C17H24ClN3O4/c1-2-24-17(23)21-10-7-14(8-11-21)20-16(22)19-9-12-25-15-5-3-13(18)4-6-15/h3-6,14H,2,7-12H2,1H3,(H2,19,20,22). The van der Waals surface area contributed by atoms with Crippen LogP contribution in [-0.2, 0) is 4.74 Å². The molecule has 8 heteroatoms. The SMILES string of the molecule is CCOC(=O)N1CCC(NC(=O)NCCOc2ccc(Cl)cc2)CC1. The summed E-state index contributed by atoms with van der Waals surface area (Å²) in [6.07, 6.45) is 1.14. The van der Waals surface area contributed by atoms with Crippen molar-refractivity contribution >= 4 is 23.7 Å². The Morgan fingerprint density at radius 3 is 2.56 bits per heavy atom. The van der Waals surface area contributed by atoms with E-state index in [-0.39, 0.29) is 18.2 Å². The Balaban J connectivity index is 1.58. The second-order valence-corrected chi connectivity index (χ2v) is 6.10. The van der Waals surface area contributed by atoms with Gasteiger partial charge in [0.15, 0.2) is 0 Å². The van der Waals surface area contributed by atoms with Gasteiger partial charge in [-0.1, -0.05) is 11.6 Å². The lowest BCUT2D eigenvalue weighted by Gasteiger charge is -2.31. The molecule has 138 valence electrons. The summed E-state index contributed by atoms with van der Waals surface area (Å²) in [4.78, 5) is 25.2. The van der Waals surface area contributed by atoms with Gasteiger partial charge in [0.25, 0.3) is 0 Å². The third kappa shape index (κ3) is 6.70. The number of halogens is 1. The van der Waals surface area contributed by atoms with Crippen LogP contribution in [0, 0.1) is 0 Å². The molecule has 0 unspecified atom stereocenters. The smallest absolute Gasteiger partial charge is 0.409 e. The van der Waals surface area contributed by atoms with Crippen LogP contribution in [0.2, 0.25) is 5.02 Å². The van der Waals surface area contributed by atoms with Crippen molar-refractivity contribution in [1.29, 1.82) is 0 Å². The van der Waals surface area contributed by atoms with Crippen LogP contribution in [0.3, 0.4) is 0 Å². The molecule has 2 N–H and O–H groups in total. The highest BCUT2D eigenvalue weighted by molar-refractivity contribution is 6.30. The number of hydrogen-bond acceptors (Lipinski definition) is 4. The number of hydrogen-bond donors (Lipinski definition) is 2. The van der Waals surface area contributed by atoms with E-state index in [4.69, 9.17) is 21.1 Å². The van der Waals surface area contributed by atoms with E-state index in [0.717, 1.165) is 0 Å². The first-order chi connectivity index (χ1) is 12.1. The lowest BCUT2D eigenvalue weighted by atomic mass is 10.1. The zero-order chi connectivity index (χ0) is 18.1. The number of rotatable bonds is 6. The molecule has 1 aromatic rings. The Labute approximate surface area is 152 Å². The molecule has 1 aliphatic rings. The Kier molecular flexibility index (Phi) is 7.66. The summed E-state index contributed by atoms with van der Waals surface area (Å²) < 4.78 is 10.5. The molecule has 1 saturated heterocycles. The highest BCUT2D eigenvalue weighted by atomic mass is 35.5. The van der Waals surface area contributed by atoms with E-state index >= 15 is 0 Å². The first-order valence-corrected chi connectivity index (χ1v) is 8.80. The maximum absolute atomic E-state index is 11.9. The number of carbonyl (C=O) groups is 2. The van der Waals surface area contributed by atoms with E-state index in [1.165, 1.54) is 0 Å². The van der Waals surface area contributed by atoms with Crippen molar-refractivity contribution in [3.8, 4) is 5.75 Å². The number of carbonyl (C=O) groups excluding carboxylic acids is 2. The minimum atomic E-state index is -0.287. The Bertz CT molecular complexity index is 560. The molecule has 1 fully saturated rings. The fourth-order valence-electron chi connectivity index (χ4n) is 2.52. The van der Waals surface area contributed by atoms with E-state index in [1.807, 2.05) is 0 Å². The van der Waals surface area contributed by atoms with Gasteiger partial charge in [-0.05, 0) is 44.0 Å². The van der Waals surface area contributed by atoms with Gasteiger partial charge >= 0.3 is 12.1 Å². The normalized spacial score (nSPS) is 14.7. The molecule has 1 aliphatic heterocycles. The topological polar surface area (TPSA) is 79.9 Å². The number of urea groups is 1. The van der Waals surface area contributed by atoms with Crippen LogP contribution in [-0.4, -0.2) is 55.9 Å². The molecule has 0 atom stereocenters. The van der Waals surface area contributed by atoms with Crippen molar-refractivity contribution in [3.05, 3.63) is 29.3 Å². The van der Waals surface area contributed by atoms with Gasteiger partial charge in [-0.2, -0.15) is 0 Å². The third-order valence-corrected chi connectivity index (χ3v) is 4.08. The van der Waals surface area contributed by atoms with Crippen LogP contribution in [0.1, 0.15) is 19.8 Å². The van der Waals surface area contributed by atoms with E-state index in [1.54, 1.807) is 36.1 Å². The Morgan fingerprint density at radius 1 is 1.24 bits per heavy atom. The molecule has 3 amide bonds. The van der Waals surface area contributed by atoms with Gasteiger partial charge in [0.05, 0.1) is 13.2 Å². The van der Waals surface area contributed by atoms with Crippen molar-refractivity contribution in [1.82, 2.24) is 15.5 Å². The molecule has 0 aliphatic carbocycles. The molecular formula is C17H24ClN3O4. The van der Waals surface area contributed by atoms with Crippen molar-refractivity contribution in [2.45, 2.75) is 25.8 Å². The zero-order valence-electron chi connectivity index (χ0n) is 14.3. The van der Waals surface area contributed by atoms with E-state index < -0.39 is 0 Å². The zero-order valence-corrected chi connectivity index (χ0v) is 15.1. The van der Waals surface area contributed by atoms with Crippen LogP contribution in [0.25, 0.3) is 0 Å². The number of piperidine rings is 1. The van der Waals surface area contributed by atoms with Crippen molar-refractivity contribution in [2.24, 2.45) is 0 Å². The number of benzene rings is 1. The lowest BCUT2D eigenvalue weighted by Crippen LogP contribution is -2.49. The molecule has 0 bridgehead atoms. The third-order valence-electron chi connectivity index (χ3n) is 3.83. The molecule has 25 heavy (non-hydrogen) atoms. The average Bonchev–Trinajstić information content (AvgIpc) is 2.61. The second-order valence-electron chi connectivity index (χ2n) is 5.66. The minimum absolute atomic E-state index is 0.0582. The summed E-state index contributed by atoms with van der Waals surface area (Å²) in [7, 11) is 0. The minimum Gasteiger partial charge on any atom is -0.492 e. The maximum atomic E-state index is 11.9. The molecule has 0 spiro atoms. The number of nitrogens with zero attached hydrogens (tertiary/aromatic N) is 1. The molecular weight excluding hydrogens is 346 g/mol. The van der Waals surface area contributed by atoms with E-state index in [2.05, 4.69) is 10.6 Å². The molecule has 7 nitrogen and oxygen atoms in total. The van der Waals surface area contributed by atoms with Crippen LogP contribution in [0.15, 0.2) is 24.3 Å². The largest absolute Gasteiger partial charge is 0.492 e. The van der Waals surface area contributed by atoms with E-state index in [9.17, 15) is 9.59 Å². The van der Waals surface area contributed by atoms with Crippen molar-refractivity contribution in [2.75, 3.05) is 32.8 Å². The fraction of sp³-hybridized carbons (Fsp3) is 0.529. The highest BCUT2D eigenvalue weighted by Gasteiger charge is 2.24.